The molecule has 30 heavy (non-hydrogen) atoms. The number of anilines is 1. The molecular formula is C21H22BrClN4O2S. The Labute approximate surface area is 193 Å². The van der Waals surface area contributed by atoms with Gasteiger partial charge < -0.3 is 14.6 Å². The SMILES string of the molecule is Cc1c(Br)ccc(NC(=O)CSc2nnc(C(C)Oc3ccccc3Cl)n2C)c1C. The first-order valence-electron chi connectivity index (χ1n) is 9.26. The molecule has 1 heterocycles. The van der Waals surface area contributed by atoms with Gasteiger partial charge in [0.25, 0.3) is 0 Å². The molecule has 2 aromatic carbocycles. The Kier molecular flexibility index (Phi) is 7.44. The highest BCUT2D eigenvalue weighted by molar-refractivity contribution is 9.10. The van der Waals surface area contributed by atoms with Gasteiger partial charge in [0.15, 0.2) is 17.1 Å². The molecule has 0 radical (unpaired) electrons. The van der Waals surface area contributed by atoms with Crippen LogP contribution in [0, 0.1) is 13.8 Å². The van der Waals surface area contributed by atoms with E-state index >= 15 is 0 Å². The zero-order valence-corrected chi connectivity index (χ0v) is 20.2. The molecule has 1 unspecified atom stereocenters. The van der Waals surface area contributed by atoms with Gasteiger partial charge in [0.2, 0.25) is 5.91 Å². The second kappa shape index (κ2) is 9.85. The molecule has 1 amide bonds. The third-order valence-electron chi connectivity index (χ3n) is 4.70. The van der Waals surface area contributed by atoms with Gasteiger partial charge in [-0.2, -0.15) is 0 Å². The molecule has 0 aliphatic heterocycles. The standard InChI is InChI=1S/C21H22BrClN4O2S/c1-12-13(2)17(10-9-15(12)22)24-19(28)11-30-21-26-25-20(27(21)4)14(3)29-18-8-6-5-7-16(18)23/h5-10,14H,11H2,1-4H3,(H,24,28). The zero-order chi connectivity index (χ0) is 21.8. The number of nitrogens with zero attached hydrogens (tertiary/aromatic N) is 3. The maximum atomic E-state index is 12.4. The van der Waals surface area contributed by atoms with E-state index in [0.717, 1.165) is 21.3 Å². The van der Waals surface area contributed by atoms with Crippen molar-refractivity contribution in [3.05, 3.63) is 62.8 Å². The summed E-state index contributed by atoms with van der Waals surface area (Å²) >= 11 is 11.0. The van der Waals surface area contributed by atoms with Crippen molar-refractivity contribution >= 4 is 50.9 Å². The first-order valence-corrected chi connectivity index (χ1v) is 11.4. The van der Waals surface area contributed by atoms with Gasteiger partial charge in [-0.25, -0.2) is 0 Å². The summed E-state index contributed by atoms with van der Waals surface area (Å²) in [5.41, 5.74) is 2.95. The number of aromatic nitrogens is 3. The third kappa shape index (κ3) is 5.17. The number of benzene rings is 2. The van der Waals surface area contributed by atoms with Crippen LogP contribution in [-0.4, -0.2) is 26.4 Å². The number of hydrogen-bond donors (Lipinski definition) is 1. The molecule has 1 aromatic heterocycles. The molecule has 0 saturated carbocycles. The van der Waals surface area contributed by atoms with Crippen molar-refractivity contribution < 1.29 is 9.53 Å². The highest BCUT2D eigenvalue weighted by atomic mass is 79.9. The van der Waals surface area contributed by atoms with Crippen LogP contribution in [0.2, 0.25) is 5.02 Å². The van der Waals surface area contributed by atoms with Crippen LogP contribution in [-0.2, 0) is 11.8 Å². The fourth-order valence-corrected chi connectivity index (χ4v) is 4.16. The molecule has 0 bridgehead atoms. The van der Waals surface area contributed by atoms with E-state index in [1.807, 2.05) is 56.7 Å². The lowest BCUT2D eigenvalue weighted by atomic mass is 10.1. The highest BCUT2D eigenvalue weighted by Gasteiger charge is 2.19. The van der Waals surface area contributed by atoms with Crippen molar-refractivity contribution in [2.75, 3.05) is 11.1 Å². The van der Waals surface area contributed by atoms with E-state index in [0.29, 0.717) is 21.8 Å². The Morgan fingerprint density at radius 2 is 1.97 bits per heavy atom. The lowest BCUT2D eigenvalue weighted by Crippen LogP contribution is -2.16. The van der Waals surface area contributed by atoms with Crippen molar-refractivity contribution in [1.82, 2.24) is 14.8 Å². The summed E-state index contributed by atoms with van der Waals surface area (Å²) in [6, 6.07) is 11.1. The number of carbonyl (C=O) groups excluding carboxylic acids is 1. The molecule has 158 valence electrons. The van der Waals surface area contributed by atoms with Crippen LogP contribution in [0.1, 0.15) is 30.0 Å². The summed E-state index contributed by atoms with van der Waals surface area (Å²) in [5, 5.41) is 12.6. The number of halogens is 2. The van der Waals surface area contributed by atoms with Crippen LogP contribution in [0.5, 0.6) is 5.75 Å². The molecule has 1 N–H and O–H groups in total. The maximum absolute atomic E-state index is 12.4. The van der Waals surface area contributed by atoms with Crippen LogP contribution in [0.3, 0.4) is 0 Å². The minimum absolute atomic E-state index is 0.102. The van der Waals surface area contributed by atoms with E-state index in [2.05, 4.69) is 31.4 Å². The summed E-state index contributed by atoms with van der Waals surface area (Å²) in [7, 11) is 1.85. The van der Waals surface area contributed by atoms with Gasteiger partial charge in [-0.1, -0.05) is 51.4 Å². The summed E-state index contributed by atoms with van der Waals surface area (Å²) in [5.74, 6) is 1.36. The average molecular weight is 510 g/mol. The van der Waals surface area contributed by atoms with Crippen molar-refractivity contribution in [3.8, 4) is 5.75 Å². The molecular weight excluding hydrogens is 488 g/mol. The third-order valence-corrected chi connectivity index (χ3v) is 6.89. The lowest BCUT2D eigenvalue weighted by molar-refractivity contribution is -0.113. The fraction of sp³-hybridized carbons (Fsp3) is 0.286. The van der Waals surface area contributed by atoms with Crippen LogP contribution < -0.4 is 10.1 Å². The van der Waals surface area contributed by atoms with E-state index in [1.54, 1.807) is 12.1 Å². The van der Waals surface area contributed by atoms with E-state index < -0.39 is 0 Å². The molecule has 3 rings (SSSR count). The first-order chi connectivity index (χ1) is 14.3. The molecule has 0 saturated heterocycles. The molecule has 9 heteroatoms. The van der Waals surface area contributed by atoms with Gasteiger partial charge in [-0.15, -0.1) is 10.2 Å². The number of ether oxygens (including phenoxy) is 1. The topological polar surface area (TPSA) is 69.0 Å². The summed E-state index contributed by atoms with van der Waals surface area (Å²) < 4.78 is 8.76. The molecule has 3 aromatic rings. The van der Waals surface area contributed by atoms with E-state index in [9.17, 15) is 4.79 Å². The van der Waals surface area contributed by atoms with Gasteiger partial charge in [-0.05, 0) is 56.2 Å². The lowest BCUT2D eigenvalue weighted by Gasteiger charge is -2.15. The van der Waals surface area contributed by atoms with Crippen LogP contribution in [0.15, 0.2) is 46.0 Å². The van der Waals surface area contributed by atoms with Crippen LogP contribution in [0.25, 0.3) is 0 Å². The normalized spacial score (nSPS) is 11.9. The van der Waals surface area contributed by atoms with Gasteiger partial charge in [0.1, 0.15) is 5.75 Å². The Morgan fingerprint density at radius 3 is 2.70 bits per heavy atom. The molecule has 0 spiro atoms. The Hall–Kier alpha value is -2.03. The maximum Gasteiger partial charge on any atom is 0.234 e. The molecule has 6 nitrogen and oxygen atoms in total. The predicted molar refractivity (Wildman–Crippen MR) is 124 cm³/mol. The van der Waals surface area contributed by atoms with Crippen molar-refractivity contribution in [1.29, 1.82) is 0 Å². The Balaban J connectivity index is 1.62. The van der Waals surface area contributed by atoms with Gasteiger partial charge in [-0.3, -0.25) is 4.79 Å². The first kappa shape index (κ1) is 22.7. The zero-order valence-electron chi connectivity index (χ0n) is 17.1. The smallest absolute Gasteiger partial charge is 0.234 e. The van der Waals surface area contributed by atoms with Gasteiger partial charge >= 0.3 is 0 Å². The summed E-state index contributed by atoms with van der Waals surface area (Å²) in [6.07, 6.45) is -0.348. The number of amides is 1. The number of hydrogen-bond acceptors (Lipinski definition) is 5. The monoisotopic (exact) mass is 508 g/mol. The second-order valence-corrected chi connectivity index (χ2v) is 8.98. The largest absolute Gasteiger partial charge is 0.481 e. The van der Waals surface area contributed by atoms with Crippen molar-refractivity contribution in [3.63, 3.8) is 0 Å². The van der Waals surface area contributed by atoms with Crippen molar-refractivity contribution in [2.45, 2.75) is 32.0 Å². The molecule has 0 aliphatic carbocycles. The van der Waals surface area contributed by atoms with Crippen LogP contribution in [0.4, 0.5) is 5.69 Å². The van der Waals surface area contributed by atoms with E-state index in [-0.39, 0.29) is 17.8 Å². The Morgan fingerprint density at radius 1 is 1.23 bits per heavy atom. The van der Waals surface area contributed by atoms with Crippen LogP contribution >= 0.6 is 39.3 Å². The molecule has 0 aliphatic rings. The fourth-order valence-electron chi connectivity index (χ4n) is 2.83. The minimum atomic E-state index is -0.348. The Bertz CT molecular complexity index is 1070. The van der Waals surface area contributed by atoms with Gasteiger partial charge in [0.05, 0.1) is 10.8 Å². The number of rotatable bonds is 7. The average Bonchev–Trinajstić information content (AvgIpc) is 3.09. The van der Waals surface area contributed by atoms with E-state index in [4.69, 9.17) is 16.3 Å². The predicted octanol–water partition coefficient (Wildman–Crippen LogP) is 5.72. The quantitative estimate of drug-likeness (QED) is 0.413. The number of para-hydroxylation sites is 1. The second-order valence-electron chi connectivity index (χ2n) is 6.77. The van der Waals surface area contributed by atoms with Gasteiger partial charge in [0, 0.05) is 17.2 Å². The van der Waals surface area contributed by atoms with Crippen molar-refractivity contribution in [2.24, 2.45) is 7.05 Å². The number of thioether (sulfide) groups is 1. The molecule has 1 atom stereocenters. The molecule has 0 fully saturated rings. The van der Waals surface area contributed by atoms with E-state index in [1.165, 1.54) is 11.8 Å². The highest BCUT2D eigenvalue weighted by Crippen LogP contribution is 2.29. The minimum Gasteiger partial charge on any atom is -0.481 e. The number of nitrogens with one attached hydrogen (secondary N) is 1. The number of carbonyl (C=O) groups is 1. The summed E-state index contributed by atoms with van der Waals surface area (Å²) in [4.78, 5) is 12.4. The summed E-state index contributed by atoms with van der Waals surface area (Å²) in [6.45, 7) is 5.88.